The van der Waals surface area contributed by atoms with Gasteiger partial charge in [-0.1, -0.05) is 39.0 Å². The monoisotopic (exact) mass is 562 g/mol. The Morgan fingerprint density at radius 3 is 2.20 bits per heavy atom. The van der Waals surface area contributed by atoms with Crippen LogP contribution in [0.15, 0.2) is 70.4 Å². The van der Waals surface area contributed by atoms with Gasteiger partial charge >= 0.3 is 0 Å². The van der Waals surface area contributed by atoms with Gasteiger partial charge in [0.2, 0.25) is 16.8 Å². The van der Waals surface area contributed by atoms with Crippen molar-refractivity contribution >= 4 is 20.9 Å². The summed E-state index contributed by atoms with van der Waals surface area (Å²) in [7, 11) is -3.99. The zero-order valence-corrected chi connectivity index (χ0v) is 23.3. The molecule has 0 radical (unpaired) electrons. The van der Waals surface area contributed by atoms with E-state index >= 15 is 0 Å². The van der Waals surface area contributed by atoms with Crippen LogP contribution in [0.3, 0.4) is 0 Å². The molecule has 0 saturated heterocycles. The van der Waals surface area contributed by atoms with Crippen LogP contribution in [0.2, 0.25) is 0 Å². The lowest BCUT2D eigenvalue weighted by Crippen LogP contribution is -2.32. The first kappa shape index (κ1) is 26.2. The maximum Gasteiger partial charge on any atom is 0.252 e. The Morgan fingerprint density at radius 1 is 0.800 bits per heavy atom. The zero-order chi connectivity index (χ0) is 28.1. The number of pyridine rings is 1. The Hall–Kier alpha value is -4.02. The molecule has 1 aromatic heterocycles. The second kappa shape index (κ2) is 9.87. The summed E-state index contributed by atoms with van der Waals surface area (Å²) in [6.45, 7) is 7.09. The summed E-state index contributed by atoms with van der Waals surface area (Å²) >= 11 is 0. The maximum atomic E-state index is 14.0. The van der Waals surface area contributed by atoms with Crippen LogP contribution in [-0.2, 0) is 28.5 Å². The first-order chi connectivity index (χ1) is 19.1. The molecule has 208 valence electrons. The van der Waals surface area contributed by atoms with E-state index in [2.05, 4.69) is 25.8 Å². The Kier molecular flexibility index (Phi) is 6.47. The van der Waals surface area contributed by atoms with Crippen LogP contribution in [0, 0.1) is 0 Å². The number of hydrogen-bond acceptors (Lipinski definition) is 7. The molecule has 0 amide bonds. The Labute approximate surface area is 232 Å². The third kappa shape index (κ3) is 5.00. The lowest BCUT2D eigenvalue weighted by Gasteiger charge is -2.24. The van der Waals surface area contributed by atoms with Crippen LogP contribution in [0.4, 0.5) is 0 Å². The normalized spacial score (nSPS) is 14.6. The van der Waals surface area contributed by atoms with Crippen molar-refractivity contribution in [3.8, 4) is 23.0 Å². The van der Waals surface area contributed by atoms with Gasteiger partial charge in [0.05, 0.1) is 10.4 Å². The van der Waals surface area contributed by atoms with Crippen molar-refractivity contribution < 1.29 is 27.4 Å². The highest BCUT2D eigenvalue weighted by Crippen LogP contribution is 2.35. The third-order valence-corrected chi connectivity index (χ3v) is 8.89. The summed E-state index contributed by atoms with van der Waals surface area (Å²) in [5, 5.41) is 0.716. The van der Waals surface area contributed by atoms with Crippen LogP contribution in [-0.4, -0.2) is 37.7 Å². The molecule has 3 aromatic carbocycles. The van der Waals surface area contributed by atoms with Gasteiger partial charge in [-0.05, 0) is 52.9 Å². The molecule has 10 heteroatoms. The van der Waals surface area contributed by atoms with Crippen molar-refractivity contribution in [3.05, 3.63) is 87.7 Å². The lowest BCUT2D eigenvalue weighted by atomic mass is 9.87. The molecule has 0 spiro atoms. The fourth-order valence-corrected chi connectivity index (χ4v) is 6.25. The fourth-order valence-electron chi connectivity index (χ4n) is 4.84. The molecular formula is C30H30N2O7S. The molecule has 0 unspecified atom stereocenters. The van der Waals surface area contributed by atoms with E-state index in [1.807, 2.05) is 12.1 Å². The SMILES string of the molecule is CC(C)(C)c1ccc(S(=O)(=O)N(Cc2ccc3c(c2)OCO3)Cc2cc3cc4c(cc3[nH]c2=O)OCCO4)cc1. The molecular weight excluding hydrogens is 532 g/mol. The molecule has 1 N–H and O–H groups in total. The minimum absolute atomic E-state index is 0.0264. The minimum atomic E-state index is -3.99. The summed E-state index contributed by atoms with van der Waals surface area (Å²) in [6, 6.07) is 17.5. The molecule has 40 heavy (non-hydrogen) atoms. The van der Waals surface area contributed by atoms with Gasteiger partial charge in [0.25, 0.3) is 5.56 Å². The van der Waals surface area contributed by atoms with Gasteiger partial charge in [0.1, 0.15) is 13.2 Å². The van der Waals surface area contributed by atoms with E-state index in [0.29, 0.717) is 58.2 Å². The number of sulfonamides is 1. The quantitative estimate of drug-likeness (QED) is 0.363. The number of fused-ring (bicyclic) bond motifs is 3. The third-order valence-electron chi connectivity index (χ3n) is 7.08. The van der Waals surface area contributed by atoms with E-state index in [9.17, 15) is 13.2 Å². The van der Waals surface area contributed by atoms with E-state index in [1.54, 1.807) is 48.5 Å². The van der Waals surface area contributed by atoms with Crippen molar-refractivity contribution in [1.29, 1.82) is 0 Å². The average molecular weight is 563 g/mol. The van der Waals surface area contributed by atoms with Crippen LogP contribution >= 0.6 is 0 Å². The number of H-pyrrole nitrogens is 1. The van der Waals surface area contributed by atoms with Gasteiger partial charge < -0.3 is 23.9 Å². The minimum Gasteiger partial charge on any atom is -0.486 e. The molecule has 0 atom stereocenters. The number of aromatic amines is 1. The fraction of sp³-hybridized carbons (Fsp3) is 0.300. The summed E-state index contributed by atoms with van der Waals surface area (Å²) in [5.74, 6) is 2.31. The largest absolute Gasteiger partial charge is 0.486 e. The molecule has 3 heterocycles. The van der Waals surface area contributed by atoms with Crippen LogP contribution in [0.1, 0.15) is 37.5 Å². The molecule has 0 fully saturated rings. The number of hydrogen-bond donors (Lipinski definition) is 1. The van der Waals surface area contributed by atoms with E-state index < -0.39 is 10.0 Å². The van der Waals surface area contributed by atoms with E-state index in [4.69, 9.17) is 18.9 Å². The molecule has 2 aliphatic rings. The van der Waals surface area contributed by atoms with Gasteiger partial charge in [-0.2, -0.15) is 4.31 Å². The van der Waals surface area contributed by atoms with Crippen molar-refractivity contribution in [2.24, 2.45) is 0 Å². The predicted molar refractivity (Wildman–Crippen MR) is 150 cm³/mol. The Balaban J connectivity index is 1.39. The van der Waals surface area contributed by atoms with Crippen molar-refractivity contribution in [2.45, 2.75) is 44.2 Å². The standard InChI is InChI=1S/C30H30N2O7S/c1-30(2,3)22-5-7-23(8-6-22)40(34,35)32(16-19-4-9-25-26(12-19)39-18-38-25)17-21-13-20-14-27-28(37-11-10-36-27)15-24(20)31-29(21)33/h4-9,12-15H,10-11,16-18H2,1-3H3,(H,31,33). The molecule has 0 aliphatic carbocycles. The van der Waals surface area contributed by atoms with Crippen molar-refractivity contribution in [2.75, 3.05) is 20.0 Å². The van der Waals surface area contributed by atoms with Crippen molar-refractivity contribution in [1.82, 2.24) is 9.29 Å². The summed E-state index contributed by atoms with van der Waals surface area (Å²) < 4.78 is 51.6. The lowest BCUT2D eigenvalue weighted by molar-refractivity contribution is 0.172. The highest BCUT2D eigenvalue weighted by atomic mass is 32.2. The van der Waals surface area contributed by atoms with Crippen LogP contribution < -0.4 is 24.5 Å². The number of nitrogens with zero attached hydrogens (tertiary/aromatic N) is 1. The highest BCUT2D eigenvalue weighted by molar-refractivity contribution is 7.89. The average Bonchev–Trinajstić information content (AvgIpc) is 3.39. The highest BCUT2D eigenvalue weighted by Gasteiger charge is 2.28. The van der Waals surface area contributed by atoms with Crippen molar-refractivity contribution in [3.63, 3.8) is 0 Å². The number of rotatable bonds is 6. The smallest absolute Gasteiger partial charge is 0.252 e. The number of ether oxygens (including phenoxy) is 4. The van der Waals surface area contributed by atoms with Gasteiger partial charge in [-0.15, -0.1) is 0 Å². The van der Waals surface area contributed by atoms with Gasteiger partial charge in [-0.25, -0.2) is 8.42 Å². The summed E-state index contributed by atoms with van der Waals surface area (Å²) in [4.78, 5) is 16.2. The van der Waals surface area contributed by atoms with Crippen LogP contribution in [0.25, 0.3) is 10.9 Å². The first-order valence-corrected chi connectivity index (χ1v) is 14.5. The van der Waals surface area contributed by atoms with Crippen LogP contribution in [0.5, 0.6) is 23.0 Å². The number of aromatic nitrogens is 1. The van der Waals surface area contributed by atoms with Gasteiger partial charge in [-0.3, -0.25) is 4.79 Å². The zero-order valence-electron chi connectivity index (χ0n) is 22.5. The van der Waals surface area contributed by atoms with E-state index in [-0.39, 0.29) is 35.8 Å². The first-order valence-electron chi connectivity index (χ1n) is 13.0. The molecule has 4 aromatic rings. The molecule has 2 aliphatic heterocycles. The second-order valence-corrected chi connectivity index (χ2v) is 12.9. The summed E-state index contributed by atoms with van der Waals surface area (Å²) in [5.41, 5.74) is 2.12. The van der Waals surface area contributed by atoms with E-state index in [1.165, 1.54) is 4.31 Å². The van der Waals surface area contributed by atoms with E-state index in [0.717, 1.165) is 5.56 Å². The van der Waals surface area contributed by atoms with Gasteiger partial charge in [0, 0.05) is 30.1 Å². The Morgan fingerprint density at radius 2 is 1.48 bits per heavy atom. The number of benzene rings is 3. The summed E-state index contributed by atoms with van der Waals surface area (Å²) in [6.07, 6.45) is 0. The molecule has 6 rings (SSSR count). The maximum absolute atomic E-state index is 14.0. The Bertz CT molecular complexity index is 1760. The molecule has 9 nitrogen and oxygen atoms in total. The number of nitrogens with one attached hydrogen (secondary N) is 1. The predicted octanol–water partition coefficient (Wildman–Crippen LogP) is 4.72. The molecule has 0 bridgehead atoms. The van der Waals surface area contributed by atoms with Gasteiger partial charge in [0.15, 0.2) is 23.0 Å². The second-order valence-electron chi connectivity index (χ2n) is 10.9. The molecule has 0 saturated carbocycles. The topological polar surface area (TPSA) is 107 Å².